The van der Waals surface area contributed by atoms with Gasteiger partial charge in [-0.2, -0.15) is 13.2 Å². The molecular weight excluding hydrogens is 285 g/mol. The number of halogens is 3. The molecule has 1 amide bonds. The molecule has 0 radical (unpaired) electrons. The minimum atomic E-state index is -4.46. The first-order chi connectivity index (χ1) is 9.91. The Morgan fingerprint density at radius 1 is 1.38 bits per heavy atom. The fraction of sp³-hybridized carbons (Fsp3) is 0.500. The van der Waals surface area contributed by atoms with E-state index in [0.29, 0.717) is 19.4 Å². The summed E-state index contributed by atoms with van der Waals surface area (Å²) in [5.41, 5.74) is 4.50. The molecule has 1 fully saturated rings. The lowest BCUT2D eigenvalue weighted by Crippen LogP contribution is -2.46. The van der Waals surface area contributed by atoms with Crippen LogP contribution in [0, 0.1) is 0 Å². The number of para-hydroxylation sites is 1. The summed E-state index contributed by atoms with van der Waals surface area (Å²) in [6.45, 7) is 0.727. The van der Waals surface area contributed by atoms with Crippen LogP contribution in [0.15, 0.2) is 24.3 Å². The van der Waals surface area contributed by atoms with Crippen molar-refractivity contribution in [2.75, 3.05) is 19.6 Å². The van der Waals surface area contributed by atoms with Crippen molar-refractivity contribution in [2.45, 2.75) is 25.1 Å². The number of nitrogens with zero attached hydrogens (tertiary/aromatic N) is 1. The molecule has 0 bridgehead atoms. The number of carbonyl (C=O) groups excluding carboxylic acids is 1. The van der Waals surface area contributed by atoms with Crippen LogP contribution in [0.5, 0.6) is 5.75 Å². The second-order valence-electron chi connectivity index (χ2n) is 4.92. The molecule has 0 aromatic heterocycles. The lowest BCUT2D eigenvalue weighted by Gasteiger charge is -2.33. The van der Waals surface area contributed by atoms with Gasteiger partial charge < -0.3 is 15.4 Å². The van der Waals surface area contributed by atoms with Crippen LogP contribution in [0.1, 0.15) is 18.4 Å². The van der Waals surface area contributed by atoms with Crippen LogP contribution < -0.4 is 10.5 Å². The molecular formula is C14H17F3N2O2. The fourth-order valence-electron chi connectivity index (χ4n) is 2.37. The first-order valence-corrected chi connectivity index (χ1v) is 6.72. The molecule has 1 unspecified atom stereocenters. The molecule has 1 aromatic rings. The maximum Gasteiger partial charge on any atom is 0.419 e. The standard InChI is InChI=1S/C14H17F3N2O2/c15-14(16,17)11-5-1-2-6-12(11)21-10-4-3-7-19(9-10)13(20)8-18/h1-2,5-6,10H,3-4,7-9,18H2. The Balaban J connectivity index is 2.10. The number of piperidine rings is 1. The van der Waals surface area contributed by atoms with Crippen molar-refractivity contribution in [1.29, 1.82) is 0 Å². The van der Waals surface area contributed by atoms with E-state index in [1.165, 1.54) is 23.1 Å². The topological polar surface area (TPSA) is 55.6 Å². The van der Waals surface area contributed by atoms with Gasteiger partial charge in [0.2, 0.25) is 5.91 Å². The lowest BCUT2D eigenvalue weighted by molar-refractivity contribution is -0.140. The van der Waals surface area contributed by atoms with Crippen LogP contribution in [-0.2, 0) is 11.0 Å². The van der Waals surface area contributed by atoms with E-state index >= 15 is 0 Å². The third kappa shape index (κ3) is 3.87. The number of benzene rings is 1. The molecule has 21 heavy (non-hydrogen) atoms. The highest BCUT2D eigenvalue weighted by Crippen LogP contribution is 2.36. The average molecular weight is 302 g/mol. The summed E-state index contributed by atoms with van der Waals surface area (Å²) in [6, 6.07) is 5.10. The Labute approximate surface area is 120 Å². The normalized spacial score (nSPS) is 19.4. The van der Waals surface area contributed by atoms with Crippen molar-refractivity contribution in [2.24, 2.45) is 5.73 Å². The molecule has 1 saturated heterocycles. The smallest absolute Gasteiger partial charge is 0.419 e. The van der Waals surface area contributed by atoms with Gasteiger partial charge in [-0.25, -0.2) is 0 Å². The summed E-state index contributed by atoms with van der Waals surface area (Å²) in [6.07, 6.45) is -3.61. The minimum Gasteiger partial charge on any atom is -0.488 e. The maximum absolute atomic E-state index is 12.9. The number of hydrogen-bond donors (Lipinski definition) is 1. The molecule has 2 N–H and O–H groups in total. The first-order valence-electron chi connectivity index (χ1n) is 6.72. The highest BCUT2D eigenvalue weighted by Gasteiger charge is 2.35. The zero-order valence-corrected chi connectivity index (χ0v) is 11.4. The van der Waals surface area contributed by atoms with Crippen molar-refractivity contribution < 1.29 is 22.7 Å². The summed E-state index contributed by atoms with van der Waals surface area (Å²) < 4.78 is 44.2. The SMILES string of the molecule is NCC(=O)N1CCCC(Oc2ccccc2C(F)(F)F)C1. The highest BCUT2D eigenvalue weighted by atomic mass is 19.4. The van der Waals surface area contributed by atoms with Gasteiger partial charge in [0.05, 0.1) is 18.7 Å². The third-order valence-corrected chi connectivity index (χ3v) is 3.39. The van der Waals surface area contributed by atoms with Crippen molar-refractivity contribution >= 4 is 5.91 Å². The Bertz CT molecular complexity index is 505. The molecule has 0 saturated carbocycles. The zero-order valence-electron chi connectivity index (χ0n) is 11.4. The quantitative estimate of drug-likeness (QED) is 0.929. The van der Waals surface area contributed by atoms with Crippen molar-refractivity contribution in [3.05, 3.63) is 29.8 Å². The van der Waals surface area contributed by atoms with Crippen LogP contribution in [0.2, 0.25) is 0 Å². The molecule has 0 spiro atoms. The number of ether oxygens (including phenoxy) is 1. The summed E-state index contributed by atoms with van der Waals surface area (Å²) in [5.74, 6) is -0.413. The summed E-state index contributed by atoms with van der Waals surface area (Å²) in [7, 11) is 0. The van der Waals surface area contributed by atoms with Crippen LogP contribution in [0.4, 0.5) is 13.2 Å². The predicted molar refractivity (Wildman–Crippen MR) is 70.7 cm³/mol. The van der Waals surface area contributed by atoms with E-state index in [1.807, 2.05) is 0 Å². The number of amides is 1. The summed E-state index contributed by atoms with van der Waals surface area (Å²) >= 11 is 0. The largest absolute Gasteiger partial charge is 0.488 e. The van der Waals surface area contributed by atoms with Crippen LogP contribution in [0.3, 0.4) is 0 Å². The number of likely N-dealkylation sites (tertiary alicyclic amines) is 1. The van der Waals surface area contributed by atoms with E-state index in [9.17, 15) is 18.0 Å². The zero-order chi connectivity index (χ0) is 15.5. The second kappa shape index (κ2) is 6.34. The van der Waals surface area contributed by atoms with Crippen molar-refractivity contribution in [3.8, 4) is 5.75 Å². The number of nitrogens with two attached hydrogens (primary N) is 1. The third-order valence-electron chi connectivity index (χ3n) is 3.39. The van der Waals surface area contributed by atoms with Crippen molar-refractivity contribution in [1.82, 2.24) is 4.90 Å². The monoisotopic (exact) mass is 302 g/mol. The van der Waals surface area contributed by atoms with Crippen LogP contribution in [-0.4, -0.2) is 36.5 Å². The van der Waals surface area contributed by atoms with E-state index in [0.717, 1.165) is 6.07 Å². The Kier molecular flexibility index (Phi) is 4.72. The molecule has 0 aliphatic carbocycles. The molecule has 116 valence electrons. The molecule has 1 atom stereocenters. The van der Waals surface area contributed by atoms with Gasteiger partial charge in [-0.15, -0.1) is 0 Å². The maximum atomic E-state index is 12.9. The molecule has 7 heteroatoms. The summed E-state index contributed by atoms with van der Waals surface area (Å²) in [5, 5.41) is 0. The van der Waals surface area contributed by atoms with Crippen molar-refractivity contribution in [3.63, 3.8) is 0 Å². The van der Waals surface area contributed by atoms with Gasteiger partial charge in [-0.3, -0.25) is 4.79 Å². The van der Waals surface area contributed by atoms with Gasteiger partial charge in [-0.05, 0) is 25.0 Å². The van der Waals surface area contributed by atoms with Gasteiger partial charge in [0.1, 0.15) is 11.9 Å². The minimum absolute atomic E-state index is 0.105. The number of alkyl halides is 3. The molecule has 1 aromatic carbocycles. The van der Waals surface area contributed by atoms with E-state index < -0.39 is 17.8 Å². The number of rotatable bonds is 3. The number of hydrogen-bond acceptors (Lipinski definition) is 3. The highest BCUT2D eigenvalue weighted by molar-refractivity contribution is 5.78. The van der Waals surface area contributed by atoms with Crippen LogP contribution >= 0.6 is 0 Å². The molecule has 1 aliphatic heterocycles. The molecule has 1 aliphatic rings. The van der Waals surface area contributed by atoms with Gasteiger partial charge in [-0.1, -0.05) is 12.1 Å². The first kappa shape index (κ1) is 15.6. The van der Waals surface area contributed by atoms with Gasteiger partial charge in [0, 0.05) is 6.54 Å². The second-order valence-corrected chi connectivity index (χ2v) is 4.92. The van der Waals surface area contributed by atoms with Gasteiger partial charge >= 0.3 is 6.18 Å². The fourth-order valence-corrected chi connectivity index (χ4v) is 2.37. The Morgan fingerprint density at radius 3 is 2.76 bits per heavy atom. The molecule has 4 nitrogen and oxygen atoms in total. The van der Waals surface area contributed by atoms with Gasteiger partial charge in [0.15, 0.2) is 0 Å². The van der Waals surface area contributed by atoms with Gasteiger partial charge in [0.25, 0.3) is 0 Å². The lowest BCUT2D eigenvalue weighted by atomic mass is 10.1. The van der Waals surface area contributed by atoms with E-state index in [-0.39, 0.29) is 24.7 Å². The summed E-state index contributed by atoms with van der Waals surface area (Å²) in [4.78, 5) is 13.1. The Hall–Kier alpha value is -1.76. The Morgan fingerprint density at radius 2 is 2.10 bits per heavy atom. The molecule has 1 heterocycles. The number of carbonyl (C=O) groups is 1. The van der Waals surface area contributed by atoms with E-state index in [2.05, 4.69) is 0 Å². The predicted octanol–water partition coefficient (Wildman–Crippen LogP) is 2.03. The molecule has 2 rings (SSSR count). The van der Waals surface area contributed by atoms with E-state index in [4.69, 9.17) is 10.5 Å². The van der Waals surface area contributed by atoms with E-state index in [1.54, 1.807) is 0 Å². The van der Waals surface area contributed by atoms with Crippen LogP contribution in [0.25, 0.3) is 0 Å². The average Bonchev–Trinajstić information content (AvgIpc) is 2.46.